The number of ether oxygens (including phenoxy) is 1. The molecule has 1 saturated carbocycles. The number of rotatable bonds is 6. The van der Waals surface area contributed by atoms with Gasteiger partial charge in [0.05, 0.1) is 10.6 Å². The number of nitrogens with one attached hydrogen (secondary N) is 1. The molecule has 7 heteroatoms. The molecule has 132 valence electrons. The molecule has 0 atom stereocenters. The lowest BCUT2D eigenvalue weighted by Gasteiger charge is -2.11. The third-order valence-corrected chi connectivity index (χ3v) is 5.31. The predicted octanol–water partition coefficient (Wildman–Crippen LogP) is 3.95. The zero-order chi connectivity index (χ0) is 18.0. The molecule has 6 nitrogen and oxygen atoms in total. The van der Waals surface area contributed by atoms with Crippen molar-refractivity contribution in [1.82, 2.24) is 9.97 Å². The average molecular weight is 367 g/mol. The second-order valence-electron chi connectivity index (χ2n) is 6.06. The van der Waals surface area contributed by atoms with Gasteiger partial charge in [-0.1, -0.05) is 36.4 Å². The van der Waals surface area contributed by atoms with Crippen molar-refractivity contribution in [2.45, 2.75) is 23.7 Å². The first-order valence-electron chi connectivity index (χ1n) is 8.30. The van der Waals surface area contributed by atoms with Crippen molar-refractivity contribution in [3.05, 3.63) is 72.4 Å². The van der Waals surface area contributed by atoms with E-state index in [0.29, 0.717) is 17.5 Å². The smallest absolute Gasteiger partial charge is 0.264 e. The topological polar surface area (TPSA) is 81.2 Å². The van der Waals surface area contributed by atoms with Crippen LogP contribution in [0.5, 0.6) is 11.6 Å². The van der Waals surface area contributed by atoms with Gasteiger partial charge in [0.25, 0.3) is 10.0 Å². The Labute approximate surface area is 151 Å². The minimum atomic E-state index is -3.76. The van der Waals surface area contributed by atoms with Crippen molar-refractivity contribution >= 4 is 16.0 Å². The van der Waals surface area contributed by atoms with Crippen LogP contribution >= 0.6 is 0 Å². The summed E-state index contributed by atoms with van der Waals surface area (Å²) in [7, 11) is -3.76. The molecule has 1 aliphatic rings. The van der Waals surface area contributed by atoms with Gasteiger partial charge >= 0.3 is 0 Å². The van der Waals surface area contributed by atoms with E-state index in [1.807, 2.05) is 30.3 Å². The van der Waals surface area contributed by atoms with Crippen LogP contribution in [-0.4, -0.2) is 18.4 Å². The van der Waals surface area contributed by atoms with Crippen LogP contribution in [0.2, 0.25) is 0 Å². The highest BCUT2D eigenvalue weighted by molar-refractivity contribution is 7.92. The molecule has 1 N–H and O–H groups in total. The Kier molecular flexibility index (Phi) is 4.30. The first-order chi connectivity index (χ1) is 12.6. The fraction of sp³-hybridized carbons (Fsp3) is 0.158. The Morgan fingerprint density at radius 1 is 0.923 bits per heavy atom. The molecule has 3 aromatic rings. The summed E-state index contributed by atoms with van der Waals surface area (Å²) in [6.45, 7) is 0. The molecule has 0 spiro atoms. The van der Waals surface area contributed by atoms with Crippen LogP contribution in [0.15, 0.2) is 71.6 Å². The SMILES string of the molecule is O=S(=O)(Nc1nc(Oc2ccccc2)cc(C2CC2)n1)c1ccccc1. The molecule has 0 aliphatic heterocycles. The Bertz CT molecular complexity index is 1000. The zero-order valence-corrected chi connectivity index (χ0v) is 14.7. The minimum Gasteiger partial charge on any atom is -0.439 e. The Morgan fingerprint density at radius 3 is 2.23 bits per heavy atom. The van der Waals surface area contributed by atoms with E-state index in [1.54, 1.807) is 24.3 Å². The fourth-order valence-corrected chi connectivity index (χ4v) is 3.48. The minimum absolute atomic E-state index is 0.0178. The zero-order valence-electron chi connectivity index (χ0n) is 13.9. The van der Waals surface area contributed by atoms with E-state index in [-0.39, 0.29) is 10.8 Å². The summed E-state index contributed by atoms with van der Waals surface area (Å²) < 4.78 is 33.3. The number of benzene rings is 2. The van der Waals surface area contributed by atoms with Gasteiger partial charge in [-0.05, 0) is 37.1 Å². The second kappa shape index (κ2) is 6.76. The highest BCUT2D eigenvalue weighted by Crippen LogP contribution is 2.40. The summed E-state index contributed by atoms with van der Waals surface area (Å²) >= 11 is 0. The molecule has 26 heavy (non-hydrogen) atoms. The average Bonchev–Trinajstić information content (AvgIpc) is 3.48. The molecule has 1 aromatic heterocycles. The van der Waals surface area contributed by atoms with E-state index < -0.39 is 10.0 Å². The van der Waals surface area contributed by atoms with Crippen LogP contribution in [0.3, 0.4) is 0 Å². The van der Waals surface area contributed by atoms with Gasteiger partial charge in [0.1, 0.15) is 5.75 Å². The van der Waals surface area contributed by atoms with Crippen molar-refractivity contribution in [1.29, 1.82) is 0 Å². The van der Waals surface area contributed by atoms with E-state index in [4.69, 9.17) is 4.74 Å². The molecule has 0 amide bonds. The quantitative estimate of drug-likeness (QED) is 0.713. The number of nitrogens with zero attached hydrogens (tertiary/aromatic N) is 2. The molecule has 1 fully saturated rings. The first-order valence-corrected chi connectivity index (χ1v) is 9.78. The standard InChI is InChI=1S/C19H17N3O3S/c23-26(24,16-9-5-2-6-10-16)22-19-20-17(14-11-12-14)13-18(21-19)25-15-7-3-1-4-8-15/h1-10,13-14H,11-12H2,(H,20,21,22). The molecule has 0 unspecified atom stereocenters. The normalized spacial score (nSPS) is 14.0. The molecular weight excluding hydrogens is 350 g/mol. The number of hydrogen-bond acceptors (Lipinski definition) is 5. The summed E-state index contributed by atoms with van der Waals surface area (Å²) in [5.41, 5.74) is 0.789. The predicted molar refractivity (Wildman–Crippen MR) is 97.8 cm³/mol. The molecule has 0 saturated heterocycles. The Balaban J connectivity index is 1.65. The first kappa shape index (κ1) is 16.5. The highest BCUT2D eigenvalue weighted by Gasteiger charge is 2.27. The Hall–Kier alpha value is -2.93. The van der Waals surface area contributed by atoms with Crippen LogP contribution in [-0.2, 0) is 10.0 Å². The van der Waals surface area contributed by atoms with Crippen molar-refractivity contribution in [3.8, 4) is 11.6 Å². The summed E-state index contributed by atoms with van der Waals surface area (Å²) in [5.74, 6) is 1.30. The van der Waals surface area contributed by atoms with Gasteiger partial charge in [0.15, 0.2) is 0 Å². The van der Waals surface area contributed by atoms with Crippen molar-refractivity contribution < 1.29 is 13.2 Å². The van der Waals surface area contributed by atoms with Gasteiger partial charge < -0.3 is 4.74 Å². The van der Waals surface area contributed by atoms with Crippen LogP contribution < -0.4 is 9.46 Å². The number of anilines is 1. The Morgan fingerprint density at radius 2 is 1.58 bits per heavy atom. The van der Waals surface area contributed by atoms with Crippen molar-refractivity contribution in [3.63, 3.8) is 0 Å². The summed E-state index contributed by atoms with van der Waals surface area (Å²) in [4.78, 5) is 8.75. The summed E-state index contributed by atoms with van der Waals surface area (Å²) in [6.07, 6.45) is 2.07. The van der Waals surface area contributed by atoms with Gasteiger partial charge in [-0.3, -0.25) is 0 Å². The van der Waals surface area contributed by atoms with E-state index in [1.165, 1.54) is 12.1 Å². The van der Waals surface area contributed by atoms with Crippen LogP contribution in [0.25, 0.3) is 0 Å². The van der Waals surface area contributed by atoms with Crippen molar-refractivity contribution in [2.75, 3.05) is 4.72 Å². The molecular formula is C19H17N3O3S. The molecule has 0 bridgehead atoms. The van der Waals surface area contributed by atoms with Crippen molar-refractivity contribution in [2.24, 2.45) is 0 Å². The molecule has 1 heterocycles. The third-order valence-electron chi connectivity index (χ3n) is 3.96. The van der Waals surface area contributed by atoms with E-state index in [0.717, 1.165) is 18.5 Å². The summed E-state index contributed by atoms with van der Waals surface area (Å²) in [6, 6.07) is 19.1. The van der Waals surface area contributed by atoms with Gasteiger partial charge in [0, 0.05) is 12.0 Å². The summed E-state index contributed by atoms with van der Waals surface area (Å²) in [5, 5.41) is 0. The monoisotopic (exact) mass is 367 g/mol. The lowest BCUT2D eigenvalue weighted by Crippen LogP contribution is -2.15. The largest absolute Gasteiger partial charge is 0.439 e. The van der Waals surface area contributed by atoms with Crippen LogP contribution in [0, 0.1) is 0 Å². The van der Waals surface area contributed by atoms with E-state index in [9.17, 15) is 8.42 Å². The van der Waals surface area contributed by atoms with Gasteiger partial charge in [-0.25, -0.2) is 18.1 Å². The molecule has 4 rings (SSSR count). The fourth-order valence-electron chi connectivity index (χ4n) is 2.52. The molecule has 1 aliphatic carbocycles. The van der Waals surface area contributed by atoms with Gasteiger partial charge in [0.2, 0.25) is 11.8 Å². The van der Waals surface area contributed by atoms with E-state index in [2.05, 4.69) is 14.7 Å². The molecule has 0 radical (unpaired) electrons. The van der Waals surface area contributed by atoms with Crippen LogP contribution in [0.1, 0.15) is 24.5 Å². The lowest BCUT2D eigenvalue weighted by atomic mass is 10.3. The number of sulfonamides is 1. The number of hydrogen-bond donors (Lipinski definition) is 1. The lowest BCUT2D eigenvalue weighted by molar-refractivity contribution is 0.461. The van der Waals surface area contributed by atoms with Gasteiger partial charge in [-0.15, -0.1) is 0 Å². The number of aromatic nitrogens is 2. The molecule has 2 aromatic carbocycles. The maximum absolute atomic E-state index is 12.5. The third kappa shape index (κ3) is 3.83. The number of para-hydroxylation sites is 1. The van der Waals surface area contributed by atoms with Crippen LogP contribution in [0.4, 0.5) is 5.95 Å². The highest BCUT2D eigenvalue weighted by atomic mass is 32.2. The van der Waals surface area contributed by atoms with E-state index >= 15 is 0 Å². The second-order valence-corrected chi connectivity index (χ2v) is 7.74. The maximum Gasteiger partial charge on any atom is 0.264 e. The van der Waals surface area contributed by atoms with Gasteiger partial charge in [-0.2, -0.15) is 4.98 Å². The maximum atomic E-state index is 12.5.